The topological polar surface area (TPSA) is 87.7 Å². The molecule has 10 heteroatoms. The first-order valence-electron chi connectivity index (χ1n) is 12.4. The molecular weight excluding hydrogens is 492 g/mol. The molecule has 38 heavy (non-hydrogen) atoms. The van der Waals surface area contributed by atoms with E-state index in [2.05, 4.69) is 15.3 Å². The molecule has 0 bridgehead atoms. The summed E-state index contributed by atoms with van der Waals surface area (Å²) >= 11 is 0. The number of fused-ring (bicyclic) bond motifs is 1. The van der Waals surface area contributed by atoms with Crippen LogP contribution in [0.3, 0.4) is 0 Å². The van der Waals surface area contributed by atoms with Crippen LogP contribution in [0.2, 0.25) is 0 Å². The minimum absolute atomic E-state index is 0.0511. The summed E-state index contributed by atoms with van der Waals surface area (Å²) in [5.41, 5.74) is -0.525. The highest BCUT2D eigenvalue weighted by atomic mass is 19.2. The van der Waals surface area contributed by atoms with Crippen LogP contribution in [0.1, 0.15) is 49.3 Å². The van der Waals surface area contributed by atoms with Crippen molar-refractivity contribution >= 4 is 23.6 Å². The van der Waals surface area contributed by atoms with Gasteiger partial charge in [-0.15, -0.1) is 0 Å². The lowest BCUT2D eigenvalue weighted by Crippen LogP contribution is -2.58. The lowest BCUT2D eigenvalue weighted by molar-refractivity contribution is 0.0104. The van der Waals surface area contributed by atoms with Crippen LogP contribution >= 0.6 is 0 Å². The fourth-order valence-corrected chi connectivity index (χ4v) is 4.82. The van der Waals surface area contributed by atoms with Crippen LogP contribution in [0.15, 0.2) is 54.7 Å². The molecule has 3 aromatic rings. The largest absolute Gasteiger partial charge is 0.444 e. The maximum Gasteiger partial charge on any atom is 0.410 e. The number of hydrogen-bond acceptors (Lipinski definition) is 6. The van der Waals surface area contributed by atoms with Gasteiger partial charge in [-0.1, -0.05) is 30.3 Å². The lowest BCUT2D eigenvalue weighted by Gasteiger charge is -2.42. The van der Waals surface area contributed by atoms with Gasteiger partial charge in [-0.3, -0.25) is 4.79 Å². The van der Waals surface area contributed by atoms with Crippen molar-refractivity contribution < 1.29 is 23.1 Å². The van der Waals surface area contributed by atoms with Crippen LogP contribution in [0.5, 0.6) is 0 Å². The summed E-state index contributed by atoms with van der Waals surface area (Å²) in [5, 5.41) is 3.18. The molecule has 0 aliphatic carbocycles. The Morgan fingerprint density at radius 2 is 1.82 bits per heavy atom. The van der Waals surface area contributed by atoms with E-state index in [-0.39, 0.29) is 35.6 Å². The van der Waals surface area contributed by atoms with E-state index in [1.54, 1.807) is 56.9 Å². The first kappa shape index (κ1) is 25.6. The third-order valence-electron chi connectivity index (χ3n) is 6.74. The molecule has 0 radical (unpaired) electrons. The smallest absolute Gasteiger partial charge is 0.410 e. The van der Waals surface area contributed by atoms with Crippen LogP contribution in [-0.2, 0) is 10.2 Å². The Morgan fingerprint density at radius 1 is 1.11 bits per heavy atom. The second-order valence-corrected chi connectivity index (χ2v) is 10.8. The molecule has 8 nitrogen and oxygen atoms in total. The number of nitrogens with zero attached hydrogens (tertiary/aromatic N) is 4. The van der Waals surface area contributed by atoms with Crippen molar-refractivity contribution in [1.82, 2.24) is 14.9 Å². The fraction of sp³-hybridized carbons (Fsp3) is 0.357. The summed E-state index contributed by atoms with van der Waals surface area (Å²) in [6.45, 7) is 8.00. The number of ether oxygens (including phenoxy) is 1. The predicted octanol–water partition coefficient (Wildman–Crippen LogP) is 4.75. The van der Waals surface area contributed by atoms with Crippen molar-refractivity contribution in [3.05, 3.63) is 83.2 Å². The van der Waals surface area contributed by atoms with Crippen molar-refractivity contribution in [2.45, 2.75) is 44.8 Å². The molecule has 0 spiro atoms. The van der Waals surface area contributed by atoms with Gasteiger partial charge in [0, 0.05) is 37.1 Å². The van der Waals surface area contributed by atoms with Crippen molar-refractivity contribution in [2.24, 2.45) is 0 Å². The van der Waals surface area contributed by atoms with E-state index in [4.69, 9.17) is 4.74 Å². The zero-order chi connectivity index (χ0) is 27.2. The number of amides is 2. The molecule has 0 saturated carbocycles. The van der Waals surface area contributed by atoms with Crippen LogP contribution in [0.4, 0.5) is 25.2 Å². The van der Waals surface area contributed by atoms with Gasteiger partial charge < -0.3 is 19.9 Å². The number of rotatable bonds is 4. The van der Waals surface area contributed by atoms with Crippen molar-refractivity contribution in [3.8, 4) is 0 Å². The average Bonchev–Trinajstić information content (AvgIpc) is 2.84. The molecule has 2 amide bonds. The molecule has 1 saturated heterocycles. The van der Waals surface area contributed by atoms with E-state index in [1.165, 1.54) is 23.2 Å². The SMILES string of the molecule is CC(C)(C)OC(=O)N1CC(Nc2ncc3c(n2)C(C)(c2cccc(F)c2F)CN(c2ccccc2)C3=O)C1. The van der Waals surface area contributed by atoms with Crippen LogP contribution in [0, 0.1) is 11.6 Å². The first-order valence-corrected chi connectivity index (χ1v) is 12.4. The van der Waals surface area contributed by atoms with Crippen LogP contribution in [-0.4, -0.2) is 58.1 Å². The highest BCUT2D eigenvalue weighted by Gasteiger charge is 2.45. The highest BCUT2D eigenvalue weighted by molar-refractivity contribution is 6.08. The van der Waals surface area contributed by atoms with Gasteiger partial charge in [-0.05, 0) is 45.9 Å². The Balaban J connectivity index is 1.47. The van der Waals surface area contributed by atoms with E-state index in [9.17, 15) is 14.0 Å². The van der Waals surface area contributed by atoms with Gasteiger partial charge in [-0.2, -0.15) is 0 Å². The molecule has 1 fully saturated rings. The maximum absolute atomic E-state index is 15.2. The number of benzene rings is 2. The normalized spacial score (nSPS) is 19.6. The van der Waals surface area contributed by atoms with Crippen LogP contribution < -0.4 is 10.2 Å². The van der Waals surface area contributed by atoms with Crippen molar-refractivity contribution in [1.29, 1.82) is 0 Å². The molecule has 2 aliphatic rings. The van der Waals surface area contributed by atoms with E-state index >= 15 is 4.39 Å². The molecule has 3 heterocycles. The van der Waals surface area contributed by atoms with E-state index in [1.807, 2.05) is 6.07 Å². The minimum Gasteiger partial charge on any atom is -0.444 e. The second-order valence-electron chi connectivity index (χ2n) is 10.8. The second kappa shape index (κ2) is 9.34. The van der Waals surface area contributed by atoms with E-state index in [0.717, 1.165) is 6.07 Å². The molecule has 1 N–H and O–H groups in total. The minimum atomic E-state index is -1.17. The van der Waals surface area contributed by atoms with Gasteiger partial charge >= 0.3 is 6.09 Å². The number of hydrogen-bond donors (Lipinski definition) is 1. The molecule has 2 aromatic carbocycles. The molecule has 2 aliphatic heterocycles. The van der Waals surface area contributed by atoms with Gasteiger partial charge in [0.25, 0.3) is 5.91 Å². The third-order valence-corrected chi connectivity index (χ3v) is 6.74. The zero-order valence-corrected chi connectivity index (χ0v) is 21.7. The lowest BCUT2D eigenvalue weighted by atomic mass is 9.74. The Bertz CT molecular complexity index is 1390. The number of anilines is 2. The van der Waals surface area contributed by atoms with Gasteiger partial charge in [0.2, 0.25) is 5.95 Å². The van der Waals surface area contributed by atoms with Gasteiger partial charge in [0.05, 0.1) is 22.7 Å². The van der Waals surface area contributed by atoms with E-state index < -0.39 is 28.7 Å². The summed E-state index contributed by atoms with van der Waals surface area (Å²) in [6, 6.07) is 12.9. The standard InChI is InChI=1S/C28H29F2N5O3/c1-27(2,3)38-26(37)34-14-17(15-34)32-25-31-13-19-23(33-25)28(4,20-11-8-12-21(29)22(20)30)16-35(24(19)36)18-9-6-5-7-10-18/h5-13,17H,14-16H2,1-4H3,(H,31,32,33). The van der Waals surface area contributed by atoms with E-state index in [0.29, 0.717) is 24.5 Å². The van der Waals surface area contributed by atoms with Gasteiger partial charge in [0.1, 0.15) is 5.60 Å². The molecule has 1 atom stereocenters. The molecule has 1 unspecified atom stereocenters. The van der Waals surface area contributed by atoms with Gasteiger partial charge in [0.15, 0.2) is 11.6 Å². The average molecular weight is 522 g/mol. The quantitative estimate of drug-likeness (QED) is 0.533. The number of nitrogens with one attached hydrogen (secondary N) is 1. The van der Waals surface area contributed by atoms with Crippen molar-refractivity contribution in [3.63, 3.8) is 0 Å². The number of para-hydroxylation sites is 1. The van der Waals surface area contributed by atoms with Crippen molar-refractivity contribution in [2.75, 3.05) is 29.9 Å². The van der Waals surface area contributed by atoms with Crippen LogP contribution in [0.25, 0.3) is 0 Å². The molecule has 198 valence electrons. The summed E-state index contributed by atoms with van der Waals surface area (Å²) in [5.74, 6) is -2.05. The Labute approximate surface area is 219 Å². The summed E-state index contributed by atoms with van der Waals surface area (Å²) in [6.07, 6.45) is 1.02. The summed E-state index contributed by atoms with van der Waals surface area (Å²) in [7, 11) is 0. The molecular formula is C28H29F2N5O3. The number of likely N-dealkylation sites (tertiary alicyclic amines) is 1. The predicted molar refractivity (Wildman–Crippen MR) is 138 cm³/mol. The highest BCUT2D eigenvalue weighted by Crippen LogP contribution is 2.41. The van der Waals surface area contributed by atoms with Gasteiger partial charge in [-0.25, -0.2) is 23.5 Å². The Kier molecular flexibility index (Phi) is 6.28. The maximum atomic E-state index is 15.2. The Hall–Kier alpha value is -4.08. The number of aromatic nitrogens is 2. The molecule has 5 rings (SSSR count). The number of carbonyl (C=O) groups is 2. The number of halogens is 2. The molecule has 1 aromatic heterocycles. The monoisotopic (exact) mass is 521 g/mol. The summed E-state index contributed by atoms with van der Waals surface area (Å²) in [4.78, 5) is 37.9. The first-order chi connectivity index (χ1) is 18.0. The number of carbonyl (C=O) groups excluding carboxylic acids is 2. The summed E-state index contributed by atoms with van der Waals surface area (Å²) < 4.78 is 34.9. The zero-order valence-electron chi connectivity index (χ0n) is 21.7. The third kappa shape index (κ3) is 4.66. The fourth-order valence-electron chi connectivity index (χ4n) is 4.82. The Morgan fingerprint density at radius 3 is 2.50 bits per heavy atom.